The molecule has 0 N–H and O–H groups in total. The maximum Gasteiger partial charge on any atom is 0.106 e. The van der Waals surface area contributed by atoms with E-state index in [-0.39, 0.29) is 0 Å². The van der Waals surface area contributed by atoms with Gasteiger partial charge >= 0.3 is 0 Å². The lowest BCUT2D eigenvalue weighted by atomic mass is 9.81. The second-order valence-corrected chi connectivity index (χ2v) is 5.36. The van der Waals surface area contributed by atoms with Crippen molar-refractivity contribution in [2.75, 3.05) is 13.1 Å². The lowest BCUT2D eigenvalue weighted by Gasteiger charge is -2.41. The summed E-state index contributed by atoms with van der Waals surface area (Å²) in [6.45, 7) is 14.3. The molecule has 16 heavy (non-hydrogen) atoms. The Kier molecular flexibility index (Phi) is 2.75. The number of allylic oxidation sites excluding steroid dienone is 1. The first-order chi connectivity index (χ1) is 7.55. The smallest absolute Gasteiger partial charge is 0.106 e. The molecular formula is C14H20N2. The van der Waals surface area contributed by atoms with Crippen LogP contribution in [0.1, 0.15) is 26.7 Å². The first-order valence-corrected chi connectivity index (χ1v) is 5.86. The Morgan fingerprint density at radius 2 is 2.06 bits per heavy atom. The summed E-state index contributed by atoms with van der Waals surface area (Å²) in [7, 11) is 0. The van der Waals surface area contributed by atoms with Gasteiger partial charge in [-0.15, -0.1) is 0 Å². The van der Waals surface area contributed by atoms with E-state index in [9.17, 15) is 0 Å². The van der Waals surface area contributed by atoms with Gasteiger partial charge in [0.2, 0.25) is 0 Å². The summed E-state index contributed by atoms with van der Waals surface area (Å²) in [4.78, 5) is 7.07. The van der Waals surface area contributed by atoms with Gasteiger partial charge in [0.05, 0.1) is 5.70 Å². The summed E-state index contributed by atoms with van der Waals surface area (Å²) in [5.41, 5.74) is 2.57. The molecule has 0 aromatic carbocycles. The van der Waals surface area contributed by atoms with Crippen LogP contribution in [0.3, 0.4) is 0 Å². The summed E-state index contributed by atoms with van der Waals surface area (Å²) < 4.78 is 0. The van der Waals surface area contributed by atoms with Crippen LogP contribution in [0.2, 0.25) is 0 Å². The van der Waals surface area contributed by atoms with Crippen LogP contribution >= 0.6 is 0 Å². The average Bonchev–Trinajstić information content (AvgIpc) is 2.26. The number of hydrogen-bond acceptors (Lipinski definition) is 2. The lowest BCUT2D eigenvalue weighted by molar-refractivity contribution is 0.246. The summed E-state index contributed by atoms with van der Waals surface area (Å²) in [5.74, 6) is 1.22. The zero-order chi connectivity index (χ0) is 11.8. The molecule has 0 saturated carbocycles. The van der Waals surface area contributed by atoms with E-state index in [1.54, 1.807) is 0 Å². The SMILES string of the molecule is C=CC1=C(C=C)N=C2CC(C)(C)CCN2C1. The van der Waals surface area contributed by atoms with Crippen LogP contribution in [0.5, 0.6) is 0 Å². The number of piperidine rings is 1. The van der Waals surface area contributed by atoms with Crippen LogP contribution in [-0.4, -0.2) is 23.8 Å². The van der Waals surface area contributed by atoms with Crippen molar-refractivity contribution in [2.24, 2.45) is 10.4 Å². The van der Waals surface area contributed by atoms with Gasteiger partial charge in [-0.25, -0.2) is 4.99 Å². The van der Waals surface area contributed by atoms with Crippen molar-refractivity contribution in [1.82, 2.24) is 4.90 Å². The first kappa shape index (κ1) is 11.2. The number of amidine groups is 1. The summed E-state index contributed by atoms with van der Waals surface area (Å²) >= 11 is 0. The fourth-order valence-corrected chi connectivity index (χ4v) is 2.32. The zero-order valence-corrected chi connectivity index (χ0v) is 10.3. The van der Waals surface area contributed by atoms with Gasteiger partial charge < -0.3 is 4.90 Å². The molecule has 2 rings (SSSR count). The van der Waals surface area contributed by atoms with E-state index in [4.69, 9.17) is 4.99 Å². The Bertz CT molecular complexity index is 386. The highest BCUT2D eigenvalue weighted by Gasteiger charge is 2.31. The van der Waals surface area contributed by atoms with Crippen molar-refractivity contribution >= 4 is 5.84 Å². The Labute approximate surface area is 98.1 Å². The van der Waals surface area contributed by atoms with Gasteiger partial charge in [-0.05, 0) is 23.5 Å². The lowest BCUT2D eigenvalue weighted by Crippen LogP contribution is -2.44. The normalized spacial score (nSPS) is 23.6. The number of aliphatic imine (C=N–C) groups is 1. The fraction of sp³-hybridized carbons (Fsp3) is 0.500. The molecule has 1 fully saturated rings. The Morgan fingerprint density at radius 3 is 2.69 bits per heavy atom. The van der Waals surface area contributed by atoms with E-state index in [1.165, 1.54) is 17.8 Å². The van der Waals surface area contributed by atoms with Gasteiger partial charge in [0, 0.05) is 19.5 Å². The molecule has 2 nitrogen and oxygen atoms in total. The molecular weight excluding hydrogens is 196 g/mol. The van der Waals surface area contributed by atoms with Crippen LogP contribution in [0.25, 0.3) is 0 Å². The van der Waals surface area contributed by atoms with Crippen molar-refractivity contribution in [3.05, 3.63) is 36.6 Å². The molecule has 0 aliphatic carbocycles. The van der Waals surface area contributed by atoms with E-state index in [2.05, 4.69) is 31.9 Å². The molecule has 0 radical (unpaired) electrons. The Hall–Kier alpha value is -1.31. The van der Waals surface area contributed by atoms with Gasteiger partial charge in [-0.3, -0.25) is 0 Å². The highest BCUT2D eigenvalue weighted by atomic mass is 15.2. The van der Waals surface area contributed by atoms with Crippen molar-refractivity contribution in [3.63, 3.8) is 0 Å². The third-order valence-corrected chi connectivity index (χ3v) is 3.44. The standard InChI is InChI=1S/C14H20N2/c1-5-11-10-16-8-7-14(3,4)9-13(16)15-12(11)6-2/h5-6H,1-2,7-10H2,3-4H3. The number of nitrogens with zero attached hydrogens (tertiary/aromatic N) is 2. The molecule has 0 atom stereocenters. The zero-order valence-electron chi connectivity index (χ0n) is 10.3. The van der Waals surface area contributed by atoms with Gasteiger partial charge in [0.15, 0.2) is 0 Å². The monoisotopic (exact) mass is 216 g/mol. The molecule has 2 aliphatic rings. The van der Waals surface area contributed by atoms with Gasteiger partial charge in [0.1, 0.15) is 5.84 Å². The maximum atomic E-state index is 4.70. The molecule has 2 heterocycles. The third-order valence-electron chi connectivity index (χ3n) is 3.44. The van der Waals surface area contributed by atoms with Crippen molar-refractivity contribution in [2.45, 2.75) is 26.7 Å². The molecule has 2 heteroatoms. The molecule has 0 aromatic heterocycles. The minimum atomic E-state index is 0.382. The summed E-state index contributed by atoms with van der Waals surface area (Å²) in [6, 6.07) is 0. The Morgan fingerprint density at radius 1 is 1.31 bits per heavy atom. The number of rotatable bonds is 2. The van der Waals surface area contributed by atoms with E-state index >= 15 is 0 Å². The largest absolute Gasteiger partial charge is 0.356 e. The predicted molar refractivity (Wildman–Crippen MR) is 69.4 cm³/mol. The number of hydrogen-bond donors (Lipinski definition) is 0. The molecule has 2 aliphatic heterocycles. The minimum absolute atomic E-state index is 0.382. The predicted octanol–water partition coefficient (Wildman–Crippen LogP) is 3.15. The minimum Gasteiger partial charge on any atom is -0.356 e. The highest BCUT2D eigenvalue weighted by Crippen LogP contribution is 2.34. The molecule has 86 valence electrons. The van der Waals surface area contributed by atoms with Crippen molar-refractivity contribution in [1.29, 1.82) is 0 Å². The summed E-state index contributed by atoms with van der Waals surface area (Å²) in [5, 5.41) is 0. The van der Waals surface area contributed by atoms with E-state index in [1.807, 2.05) is 12.2 Å². The van der Waals surface area contributed by atoms with Crippen molar-refractivity contribution in [3.8, 4) is 0 Å². The van der Waals surface area contributed by atoms with Crippen LogP contribution in [-0.2, 0) is 0 Å². The van der Waals surface area contributed by atoms with Crippen LogP contribution in [0.15, 0.2) is 41.6 Å². The van der Waals surface area contributed by atoms with Crippen LogP contribution in [0, 0.1) is 5.41 Å². The molecule has 1 saturated heterocycles. The fourth-order valence-electron chi connectivity index (χ4n) is 2.32. The second-order valence-electron chi connectivity index (χ2n) is 5.36. The molecule has 0 aromatic rings. The van der Waals surface area contributed by atoms with E-state index in [0.29, 0.717) is 5.41 Å². The third kappa shape index (κ3) is 1.97. The molecule has 0 amide bonds. The highest BCUT2D eigenvalue weighted by molar-refractivity contribution is 5.86. The van der Waals surface area contributed by atoms with Crippen LogP contribution < -0.4 is 0 Å². The van der Waals surface area contributed by atoms with Crippen molar-refractivity contribution < 1.29 is 0 Å². The molecule has 0 spiro atoms. The topological polar surface area (TPSA) is 15.6 Å². The maximum absolute atomic E-state index is 4.70. The Balaban J connectivity index is 2.32. The van der Waals surface area contributed by atoms with E-state index in [0.717, 1.165) is 25.2 Å². The van der Waals surface area contributed by atoms with E-state index < -0.39 is 0 Å². The van der Waals surface area contributed by atoms with Gasteiger partial charge in [0.25, 0.3) is 0 Å². The number of fused-ring (bicyclic) bond motifs is 1. The van der Waals surface area contributed by atoms with Gasteiger partial charge in [-0.1, -0.05) is 33.1 Å². The molecule has 0 bridgehead atoms. The second kappa shape index (κ2) is 3.93. The quantitative estimate of drug-likeness (QED) is 0.692. The summed E-state index contributed by atoms with van der Waals surface area (Å²) in [6.07, 6.45) is 6.04. The average molecular weight is 216 g/mol. The van der Waals surface area contributed by atoms with Crippen LogP contribution in [0.4, 0.5) is 0 Å². The first-order valence-electron chi connectivity index (χ1n) is 5.86. The van der Waals surface area contributed by atoms with Gasteiger partial charge in [-0.2, -0.15) is 0 Å². The molecule has 0 unspecified atom stereocenters.